The van der Waals surface area contributed by atoms with Gasteiger partial charge in [-0.05, 0) is 90.7 Å². The van der Waals surface area contributed by atoms with E-state index >= 15 is 0 Å². The number of rotatable bonds is 4. The summed E-state index contributed by atoms with van der Waals surface area (Å²) in [6.45, 7) is 0. The Morgan fingerprint density at radius 3 is 1.61 bits per heavy atom. The summed E-state index contributed by atoms with van der Waals surface area (Å²) >= 11 is 3.22. The summed E-state index contributed by atoms with van der Waals surface area (Å²) < 4.78 is 0. The number of thiazole rings is 2. The molecule has 238 valence electrons. The van der Waals surface area contributed by atoms with Crippen LogP contribution in [0.1, 0.15) is 22.3 Å². The molecule has 6 heteroatoms. The molecule has 0 N–H and O–H groups in total. The first-order valence-corrected chi connectivity index (χ1v) is 18.7. The standard InChI is InChI=1S/C45H26N4S2/c1-2-10-33-30(7-1)35(29-15-18-41(49-22-29)43-24-47-26-51-43)20-39-44(33)34-16-13-27(28-14-17-40(48-21-28)42-23-46-25-50-42)19-38(34)45(39)36-11-5-3-8-31(36)32-9-4-6-12-37(32)45/h1-26H. The van der Waals surface area contributed by atoms with Gasteiger partial charge in [-0.3, -0.25) is 19.9 Å². The zero-order chi connectivity index (χ0) is 33.5. The van der Waals surface area contributed by atoms with Gasteiger partial charge in [-0.2, -0.15) is 0 Å². The average molecular weight is 687 g/mol. The van der Waals surface area contributed by atoms with Crippen molar-refractivity contribution in [2.24, 2.45) is 0 Å². The van der Waals surface area contributed by atoms with Gasteiger partial charge in [0.15, 0.2) is 0 Å². The van der Waals surface area contributed by atoms with Gasteiger partial charge in [0.25, 0.3) is 0 Å². The smallest absolute Gasteiger partial charge is 0.0818 e. The Morgan fingerprint density at radius 2 is 1.00 bits per heavy atom. The molecule has 2 aliphatic rings. The van der Waals surface area contributed by atoms with Crippen LogP contribution in [-0.2, 0) is 5.41 Å². The van der Waals surface area contributed by atoms with Crippen LogP contribution in [0.4, 0.5) is 0 Å². The molecule has 9 aromatic rings. The highest BCUT2D eigenvalue weighted by Crippen LogP contribution is 2.64. The van der Waals surface area contributed by atoms with E-state index in [-0.39, 0.29) is 0 Å². The van der Waals surface area contributed by atoms with Crippen molar-refractivity contribution in [1.29, 1.82) is 0 Å². The second-order valence-corrected chi connectivity index (χ2v) is 14.9. The molecule has 51 heavy (non-hydrogen) atoms. The van der Waals surface area contributed by atoms with Gasteiger partial charge < -0.3 is 0 Å². The van der Waals surface area contributed by atoms with Crippen LogP contribution in [0.2, 0.25) is 0 Å². The van der Waals surface area contributed by atoms with Crippen LogP contribution in [0.15, 0.2) is 157 Å². The summed E-state index contributed by atoms with van der Waals surface area (Å²) in [5, 5.41) is 2.47. The lowest BCUT2D eigenvalue weighted by molar-refractivity contribution is 0.795. The van der Waals surface area contributed by atoms with E-state index in [1.54, 1.807) is 22.7 Å². The molecule has 0 saturated carbocycles. The van der Waals surface area contributed by atoms with Gasteiger partial charge in [0.1, 0.15) is 0 Å². The minimum absolute atomic E-state index is 0.501. The molecule has 2 aliphatic carbocycles. The van der Waals surface area contributed by atoms with Crippen LogP contribution in [0.5, 0.6) is 0 Å². The van der Waals surface area contributed by atoms with Crippen LogP contribution < -0.4 is 0 Å². The SMILES string of the molecule is c1ccc2c(c1)-c1ccccc1C21c2cc(-c3ccc(-c4cncs4)nc3)ccc2-c2c1cc(-c1ccc(-c3cncs3)nc1)c1ccccc21. The van der Waals surface area contributed by atoms with E-state index in [2.05, 4.69) is 131 Å². The molecular formula is C45H26N4S2. The summed E-state index contributed by atoms with van der Waals surface area (Å²) in [5.41, 5.74) is 20.0. The highest BCUT2D eigenvalue weighted by molar-refractivity contribution is 7.13. The number of fused-ring (bicyclic) bond motifs is 12. The van der Waals surface area contributed by atoms with Gasteiger partial charge >= 0.3 is 0 Å². The van der Waals surface area contributed by atoms with E-state index in [0.717, 1.165) is 37.8 Å². The van der Waals surface area contributed by atoms with Gasteiger partial charge in [-0.15, -0.1) is 22.7 Å². The average Bonchev–Trinajstić information content (AvgIpc) is 4.02. The molecule has 4 nitrogen and oxygen atoms in total. The lowest BCUT2D eigenvalue weighted by Crippen LogP contribution is -2.26. The largest absolute Gasteiger partial charge is 0.255 e. The fourth-order valence-corrected chi connectivity index (χ4v) is 9.70. The van der Waals surface area contributed by atoms with Crippen LogP contribution in [-0.4, -0.2) is 19.9 Å². The quantitative estimate of drug-likeness (QED) is 0.185. The molecule has 11 rings (SSSR count). The number of pyridine rings is 2. The van der Waals surface area contributed by atoms with Crippen molar-refractivity contribution in [3.8, 4) is 65.6 Å². The van der Waals surface area contributed by atoms with E-state index in [1.165, 1.54) is 60.8 Å². The summed E-state index contributed by atoms with van der Waals surface area (Å²) in [5.74, 6) is 0. The molecule has 0 radical (unpaired) electrons. The van der Waals surface area contributed by atoms with Crippen molar-refractivity contribution in [3.63, 3.8) is 0 Å². The molecule has 0 aliphatic heterocycles. The Kier molecular flexibility index (Phi) is 6.17. The van der Waals surface area contributed by atoms with Crippen molar-refractivity contribution >= 4 is 33.4 Å². The maximum Gasteiger partial charge on any atom is 0.0818 e. The first kappa shape index (κ1) is 28.7. The van der Waals surface area contributed by atoms with E-state index < -0.39 is 5.41 Å². The van der Waals surface area contributed by atoms with E-state index in [9.17, 15) is 0 Å². The Morgan fingerprint density at radius 1 is 0.412 bits per heavy atom. The minimum Gasteiger partial charge on any atom is -0.255 e. The molecule has 1 spiro atoms. The van der Waals surface area contributed by atoms with Crippen molar-refractivity contribution in [3.05, 3.63) is 179 Å². The lowest BCUT2D eigenvalue weighted by Gasteiger charge is -2.31. The predicted molar refractivity (Wildman–Crippen MR) is 209 cm³/mol. The van der Waals surface area contributed by atoms with Crippen molar-refractivity contribution < 1.29 is 0 Å². The van der Waals surface area contributed by atoms with Crippen LogP contribution in [0.3, 0.4) is 0 Å². The molecule has 4 aromatic heterocycles. The summed E-state index contributed by atoms with van der Waals surface area (Å²) in [7, 11) is 0. The third kappa shape index (κ3) is 4.06. The first-order chi connectivity index (χ1) is 25.3. The Hall–Kier alpha value is -6.08. The van der Waals surface area contributed by atoms with Crippen LogP contribution >= 0.6 is 22.7 Å². The second kappa shape index (κ2) is 11.0. The summed E-state index contributed by atoms with van der Waals surface area (Å²) in [4.78, 5) is 20.4. The lowest BCUT2D eigenvalue weighted by atomic mass is 9.69. The molecule has 5 aromatic carbocycles. The van der Waals surface area contributed by atoms with E-state index in [4.69, 9.17) is 9.97 Å². The van der Waals surface area contributed by atoms with Crippen LogP contribution in [0, 0.1) is 0 Å². The third-order valence-electron chi connectivity index (χ3n) is 10.6. The van der Waals surface area contributed by atoms with Crippen molar-refractivity contribution in [2.75, 3.05) is 0 Å². The molecule has 0 unspecified atom stereocenters. The number of hydrogen-bond donors (Lipinski definition) is 0. The fourth-order valence-electron chi connectivity index (χ4n) is 8.51. The molecule has 0 fully saturated rings. The van der Waals surface area contributed by atoms with Gasteiger partial charge in [0.05, 0.1) is 37.6 Å². The predicted octanol–water partition coefficient (Wildman–Crippen LogP) is 11.6. The number of nitrogens with zero attached hydrogens (tertiary/aromatic N) is 4. The molecule has 0 saturated heterocycles. The third-order valence-corrected chi connectivity index (χ3v) is 12.2. The van der Waals surface area contributed by atoms with Gasteiger partial charge in [-0.1, -0.05) is 97.1 Å². The van der Waals surface area contributed by atoms with Gasteiger partial charge in [0, 0.05) is 35.9 Å². The summed E-state index contributed by atoms with van der Waals surface area (Å²) in [6, 6.07) is 45.0. The topological polar surface area (TPSA) is 51.6 Å². The minimum atomic E-state index is -0.501. The number of hydrogen-bond acceptors (Lipinski definition) is 6. The van der Waals surface area contributed by atoms with Gasteiger partial charge in [-0.25, -0.2) is 0 Å². The van der Waals surface area contributed by atoms with E-state index in [0.29, 0.717) is 0 Å². The maximum absolute atomic E-state index is 4.93. The number of benzene rings is 5. The summed E-state index contributed by atoms with van der Waals surface area (Å²) in [6.07, 6.45) is 7.78. The van der Waals surface area contributed by atoms with Gasteiger partial charge in [0.2, 0.25) is 0 Å². The molecular weight excluding hydrogens is 661 g/mol. The molecule has 0 bridgehead atoms. The highest BCUT2D eigenvalue weighted by atomic mass is 32.1. The van der Waals surface area contributed by atoms with Crippen molar-refractivity contribution in [2.45, 2.75) is 5.41 Å². The Labute approximate surface area is 302 Å². The first-order valence-electron chi connectivity index (χ1n) is 16.9. The van der Waals surface area contributed by atoms with E-state index in [1.807, 2.05) is 35.8 Å². The maximum atomic E-state index is 4.93. The fraction of sp³-hybridized carbons (Fsp3) is 0.0222. The zero-order valence-corrected chi connectivity index (χ0v) is 28.7. The Balaban J connectivity index is 1.19. The van der Waals surface area contributed by atoms with Crippen LogP contribution in [0.25, 0.3) is 76.4 Å². The Bertz CT molecular complexity index is 2740. The molecule has 0 atom stereocenters. The zero-order valence-electron chi connectivity index (χ0n) is 27.1. The molecule has 0 amide bonds. The van der Waals surface area contributed by atoms with Crippen molar-refractivity contribution in [1.82, 2.24) is 19.9 Å². The highest BCUT2D eigenvalue weighted by Gasteiger charge is 2.52. The number of aromatic nitrogens is 4. The molecule has 4 heterocycles. The monoisotopic (exact) mass is 686 g/mol. The second-order valence-electron chi connectivity index (χ2n) is 13.1. The normalized spacial score (nSPS) is 13.3.